The molecule has 5 nitrogen and oxygen atoms in total. The number of benzene rings is 2. The molecule has 0 saturated heterocycles. The fourth-order valence-corrected chi connectivity index (χ4v) is 1.94. The summed E-state index contributed by atoms with van der Waals surface area (Å²) in [7, 11) is 1.51. The molecule has 0 saturated carbocycles. The lowest BCUT2D eigenvalue weighted by Gasteiger charge is -2.06. The minimum absolute atomic E-state index is 0.0308. The molecule has 0 aliphatic rings. The van der Waals surface area contributed by atoms with Gasteiger partial charge in [-0.1, -0.05) is 12.1 Å². The van der Waals surface area contributed by atoms with Gasteiger partial charge in [-0.05, 0) is 30.3 Å². The Hall–Kier alpha value is -2.82. The van der Waals surface area contributed by atoms with Gasteiger partial charge in [0.25, 0.3) is 5.56 Å². The maximum atomic E-state index is 12.0. The monoisotopic (exact) mass is 269 g/mol. The second-order valence-corrected chi connectivity index (χ2v) is 4.20. The minimum atomic E-state index is -0.399. The third-order valence-electron chi connectivity index (χ3n) is 2.96. The van der Waals surface area contributed by atoms with Gasteiger partial charge in [-0.25, -0.2) is 0 Å². The summed E-state index contributed by atoms with van der Waals surface area (Å²) in [6, 6.07) is 11.5. The van der Waals surface area contributed by atoms with Crippen LogP contribution in [0.2, 0.25) is 0 Å². The van der Waals surface area contributed by atoms with Crippen LogP contribution >= 0.6 is 0 Å². The van der Waals surface area contributed by atoms with Crippen molar-refractivity contribution in [3.8, 4) is 23.0 Å². The number of phenols is 1. The van der Waals surface area contributed by atoms with Crippen LogP contribution in [-0.4, -0.2) is 17.2 Å². The van der Waals surface area contributed by atoms with Crippen molar-refractivity contribution in [2.24, 2.45) is 0 Å². The minimum Gasteiger partial charge on any atom is -0.507 e. The number of hydrogen-bond donors (Lipinski definition) is 1. The van der Waals surface area contributed by atoms with Crippen LogP contribution in [0, 0.1) is 0 Å². The maximum absolute atomic E-state index is 12.0. The zero-order chi connectivity index (χ0) is 14.1. The third kappa shape index (κ3) is 1.99. The Balaban J connectivity index is 2.27. The molecule has 0 amide bonds. The van der Waals surface area contributed by atoms with E-state index in [1.165, 1.54) is 13.2 Å². The lowest BCUT2D eigenvalue weighted by Crippen LogP contribution is -2.07. The molecular weight excluding hydrogens is 258 g/mol. The molecule has 0 aliphatic carbocycles. The van der Waals surface area contributed by atoms with Gasteiger partial charge in [0.1, 0.15) is 17.1 Å². The van der Waals surface area contributed by atoms with Gasteiger partial charge in [-0.15, -0.1) is 0 Å². The Morgan fingerprint density at radius 2 is 2.00 bits per heavy atom. The van der Waals surface area contributed by atoms with E-state index in [4.69, 9.17) is 9.15 Å². The highest BCUT2D eigenvalue weighted by atomic mass is 16.5. The van der Waals surface area contributed by atoms with Crippen LogP contribution in [-0.2, 0) is 0 Å². The first-order valence-corrected chi connectivity index (χ1v) is 5.96. The Morgan fingerprint density at radius 3 is 2.80 bits per heavy atom. The lowest BCUT2D eigenvalue weighted by molar-refractivity contribution is 0.412. The molecule has 0 aliphatic heterocycles. The smallest absolute Gasteiger partial charge is 0.284 e. The summed E-state index contributed by atoms with van der Waals surface area (Å²) in [5.74, 6) is 0.567. The molecule has 0 atom stereocenters. The summed E-state index contributed by atoms with van der Waals surface area (Å²) in [6.45, 7) is 0. The summed E-state index contributed by atoms with van der Waals surface area (Å²) in [4.78, 5) is 15.8. The van der Waals surface area contributed by atoms with E-state index < -0.39 is 5.56 Å². The Morgan fingerprint density at radius 1 is 1.20 bits per heavy atom. The Bertz CT molecular complexity index is 839. The van der Waals surface area contributed by atoms with Gasteiger partial charge in [0.15, 0.2) is 0 Å². The highest BCUT2D eigenvalue weighted by molar-refractivity contribution is 5.77. The molecule has 3 aromatic rings. The van der Waals surface area contributed by atoms with E-state index in [1.54, 1.807) is 36.4 Å². The van der Waals surface area contributed by atoms with Crippen molar-refractivity contribution in [1.82, 2.24) is 4.98 Å². The van der Waals surface area contributed by atoms with E-state index in [2.05, 4.69) is 4.98 Å². The molecule has 1 N–H and O–H groups in total. The second-order valence-electron chi connectivity index (χ2n) is 4.20. The van der Waals surface area contributed by atoms with E-state index in [1.807, 2.05) is 0 Å². The number of methoxy groups -OCH3 is 1. The summed E-state index contributed by atoms with van der Waals surface area (Å²) in [5.41, 5.74) is 0.334. The zero-order valence-electron chi connectivity index (χ0n) is 10.7. The number of hydrogen-bond acceptors (Lipinski definition) is 5. The number of aromatic hydroxyl groups is 1. The zero-order valence-corrected chi connectivity index (χ0v) is 10.7. The molecule has 100 valence electrons. The van der Waals surface area contributed by atoms with Crippen molar-refractivity contribution < 1.29 is 14.3 Å². The van der Waals surface area contributed by atoms with Crippen LogP contribution in [0.25, 0.3) is 22.4 Å². The maximum Gasteiger partial charge on any atom is 0.284 e. The molecule has 0 fully saturated rings. The number of aromatic nitrogens is 1. The first-order chi connectivity index (χ1) is 9.69. The SMILES string of the molecule is COc1ccc(O)c(-c2nc(=O)c3ccccc3o2)c1. The Labute approximate surface area is 114 Å². The molecule has 0 unspecified atom stereocenters. The van der Waals surface area contributed by atoms with E-state index in [0.717, 1.165) is 0 Å². The van der Waals surface area contributed by atoms with Crippen molar-refractivity contribution in [2.45, 2.75) is 0 Å². The summed E-state index contributed by atoms with van der Waals surface area (Å²) < 4.78 is 10.7. The van der Waals surface area contributed by atoms with E-state index in [0.29, 0.717) is 22.3 Å². The van der Waals surface area contributed by atoms with Gasteiger partial charge in [0.2, 0.25) is 5.89 Å². The van der Waals surface area contributed by atoms with E-state index in [9.17, 15) is 9.90 Å². The predicted octanol–water partition coefficient (Wildman–Crippen LogP) is 2.57. The largest absolute Gasteiger partial charge is 0.507 e. The number of fused-ring (bicyclic) bond motifs is 1. The standard InChI is InChI=1S/C15H11NO4/c1-19-9-6-7-12(17)11(8-9)15-16-14(18)10-4-2-3-5-13(10)20-15/h2-8,17H,1H3. The quantitative estimate of drug-likeness (QED) is 0.774. The molecule has 1 heterocycles. The van der Waals surface area contributed by atoms with Crippen LogP contribution in [0.4, 0.5) is 0 Å². The van der Waals surface area contributed by atoms with Crippen LogP contribution in [0.5, 0.6) is 11.5 Å². The molecule has 1 aromatic heterocycles. The fraction of sp³-hybridized carbons (Fsp3) is 0.0667. The number of nitrogens with zero attached hydrogens (tertiary/aromatic N) is 1. The van der Waals surface area contributed by atoms with Crippen molar-refractivity contribution in [3.05, 3.63) is 52.8 Å². The fourth-order valence-electron chi connectivity index (χ4n) is 1.94. The summed E-state index contributed by atoms with van der Waals surface area (Å²) >= 11 is 0. The van der Waals surface area contributed by atoms with Gasteiger partial charge in [0, 0.05) is 0 Å². The lowest BCUT2D eigenvalue weighted by atomic mass is 10.2. The molecule has 3 rings (SSSR count). The highest BCUT2D eigenvalue weighted by Gasteiger charge is 2.13. The van der Waals surface area contributed by atoms with Gasteiger partial charge >= 0.3 is 0 Å². The normalized spacial score (nSPS) is 10.7. The summed E-state index contributed by atoms with van der Waals surface area (Å²) in [6.07, 6.45) is 0. The highest BCUT2D eigenvalue weighted by Crippen LogP contribution is 2.31. The second kappa shape index (κ2) is 4.70. The average Bonchev–Trinajstić information content (AvgIpc) is 2.48. The third-order valence-corrected chi connectivity index (χ3v) is 2.96. The van der Waals surface area contributed by atoms with Crippen molar-refractivity contribution in [3.63, 3.8) is 0 Å². The molecule has 5 heteroatoms. The number of ether oxygens (including phenoxy) is 1. The number of phenolic OH excluding ortho intramolecular Hbond substituents is 1. The first-order valence-electron chi connectivity index (χ1n) is 5.96. The van der Waals surface area contributed by atoms with Crippen molar-refractivity contribution >= 4 is 11.0 Å². The number of para-hydroxylation sites is 1. The van der Waals surface area contributed by atoms with Gasteiger partial charge in [0.05, 0.1) is 18.1 Å². The molecule has 0 bridgehead atoms. The Kier molecular flexibility index (Phi) is 2.87. The van der Waals surface area contributed by atoms with E-state index in [-0.39, 0.29) is 11.6 Å². The van der Waals surface area contributed by atoms with E-state index >= 15 is 0 Å². The first kappa shape index (κ1) is 12.2. The van der Waals surface area contributed by atoms with Crippen LogP contribution < -0.4 is 10.3 Å². The molecule has 0 radical (unpaired) electrons. The van der Waals surface area contributed by atoms with Crippen LogP contribution in [0.15, 0.2) is 51.7 Å². The molecule has 20 heavy (non-hydrogen) atoms. The topological polar surface area (TPSA) is 72.6 Å². The molecular formula is C15H11NO4. The van der Waals surface area contributed by atoms with Crippen LogP contribution in [0.3, 0.4) is 0 Å². The van der Waals surface area contributed by atoms with Gasteiger partial charge in [-0.3, -0.25) is 4.79 Å². The van der Waals surface area contributed by atoms with Crippen molar-refractivity contribution in [1.29, 1.82) is 0 Å². The van der Waals surface area contributed by atoms with Crippen molar-refractivity contribution in [2.75, 3.05) is 7.11 Å². The molecule has 2 aromatic carbocycles. The summed E-state index contributed by atoms with van der Waals surface area (Å²) in [5, 5.41) is 10.3. The molecule has 0 spiro atoms. The average molecular weight is 269 g/mol. The van der Waals surface area contributed by atoms with Gasteiger partial charge in [-0.2, -0.15) is 4.98 Å². The predicted molar refractivity (Wildman–Crippen MR) is 73.9 cm³/mol. The van der Waals surface area contributed by atoms with Gasteiger partial charge < -0.3 is 14.3 Å². The number of rotatable bonds is 2. The van der Waals surface area contributed by atoms with Crippen LogP contribution in [0.1, 0.15) is 0 Å².